The first kappa shape index (κ1) is 14.2. The van der Waals surface area contributed by atoms with Crippen molar-refractivity contribution in [2.75, 3.05) is 23.7 Å². The minimum Gasteiger partial charge on any atom is -0.508 e. The lowest BCUT2D eigenvalue weighted by Gasteiger charge is -2.08. The summed E-state index contributed by atoms with van der Waals surface area (Å²) in [5.41, 5.74) is 1.19. The van der Waals surface area contributed by atoms with E-state index in [2.05, 4.69) is 22.5 Å². The molecule has 0 amide bonds. The predicted octanol–water partition coefficient (Wildman–Crippen LogP) is 3.26. The van der Waals surface area contributed by atoms with Crippen LogP contribution >= 0.6 is 0 Å². The van der Waals surface area contributed by atoms with Gasteiger partial charge in [-0.3, -0.25) is 0 Å². The van der Waals surface area contributed by atoms with E-state index in [9.17, 15) is 5.11 Å². The molecule has 3 N–H and O–H groups in total. The van der Waals surface area contributed by atoms with Crippen LogP contribution < -0.4 is 10.6 Å². The Morgan fingerprint density at radius 1 is 0.950 bits per heavy atom. The molecule has 0 radical (unpaired) electrons. The zero-order valence-electron chi connectivity index (χ0n) is 11.8. The van der Waals surface area contributed by atoms with Crippen LogP contribution in [0.4, 0.5) is 11.6 Å². The smallest absolute Gasteiger partial charge is 0.128 e. The van der Waals surface area contributed by atoms with Crippen molar-refractivity contribution in [2.24, 2.45) is 0 Å². The molecule has 106 valence electrons. The van der Waals surface area contributed by atoms with Crippen molar-refractivity contribution in [3.8, 4) is 5.75 Å². The Morgan fingerprint density at radius 2 is 1.60 bits per heavy atom. The van der Waals surface area contributed by atoms with E-state index < -0.39 is 0 Å². The molecule has 0 spiro atoms. The van der Waals surface area contributed by atoms with Crippen LogP contribution in [0.2, 0.25) is 0 Å². The number of pyridine rings is 1. The first-order chi connectivity index (χ1) is 9.78. The third-order valence-electron chi connectivity index (χ3n) is 2.96. The lowest BCUT2D eigenvalue weighted by atomic mass is 10.1. The number of nitrogens with one attached hydrogen (secondary N) is 2. The Kier molecular flexibility index (Phi) is 5.24. The number of benzene rings is 1. The van der Waals surface area contributed by atoms with Gasteiger partial charge in [-0.2, -0.15) is 0 Å². The van der Waals surface area contributed by atoms with E-state index >= 15 is 0 Å². The summed E-state index contributed by atoms with van der Waals surface area (Å²) >= 11 is 0. The highest BCUT2D eigenvalue weighted by atomic mass is 16.3. The Labute approximate surface area is 119 Å². The van der Waals surface area contributed by atoms with Gasteiger partial charge in [-0.25, -0.2) is 4.98 Å². The number of nitrogens with zero attached hydrogens (tertiary/aromatic N) is 1. The van der Waals surface area contributed by atoms with Crippen molar-refractivity contribution in [1.82, 2.24) is 4.98 Å². The molecule has 4 nitrogen and oxygen atoms in total. The van der Waals surface area contributed by atoms with Gasteiger partial charge in [-0.1, -0.05) is 25.1 Å². The summed E-state index contributed by atoms with van der Waals surface area (Å²) in [6.07, 6.45) is 1.98. The van der Waals surface area contributed by atoms with E-state index in [-0.39, 0.29) is 0 Å². The highest BCUT2D eigenvalue weighted by Crippen LogP contribution is 2.11. The number of phenols is 1. The molecular weight excluding hydrogens is 250 g/mol. The molecule has 0 bridgehead atoms. The zero-order chi connectivity index (χ0) is 14.2. The summed E-state index contributed by atoms with van der Waals surface area (Å²) in [5, 5.41) is 15.8. The average Bonchev–Trinajstić information content (AvgIpc) is 2.48. The summed E-state index contributed by atoms with van der Waals surface area (Å²) in [6, 6.07) is 13.2. The minimum absolute atomic E-state index is 0.304. The predicted molar refractivity (Wildman–Crippen MR) is 83.3 cm³/mol. The number of phenolic OH excluding ortho intramolecular Hbond substituents is 1. The van der Waals surface area contributed by atoms with Gasteiger partial charge in [-0.15, -0.1) is 0 Å². The second-order valence-corrected chi connectivity index (χ2v) is 4.68. The molecule has 4 heteroatoms. The fourth-order valence-electron chi connectivity index (χ4n) is 1.88. The normalized spacial score (nSPS) is 10.2. The third-order valence-corrected chi connectivity index (χ3v) is 2.96. The quantitative estimate of drug-likeness (QED) is 0.723. The van der Waals surface area contributed by atoms with E-state index in [1.165, 1.54) is 5.56 Å². The molecule has 0 aliphatic rings. The number of rotatable bonds is 7. The van der Waals surface area contributed by atoms with Gasteiger partial charge in [0.05, 0.1) is 0 Å². The van der Waals surface area contributed by atoms with Gasteiger partial charge in [0.25, 0.3) is 0 Å². The molecule has 2 rings (SSSR count). The van der Waals surface area contributed by atoms with E-state index in [1.54, 1.807) is 12.1 Å². The topological polar surface area (TPSA) is 57.2 Å². The standard InChI is InChI=1S/C16H21N3O/c1-2-11-17-15-4-3-5-16(19-15)18-12-10-13-6-8-14(20)9-7-13/h3-9,20H,2,10-12H2,1H3,(H2,17,18,19). The Bertz CT molecular complexity index is 526. The summed E-state index contributed by atoms with van der Waals surface area (Å²) in [6.45, 7) is 3.88. The summed E-state index contributed by atoms with van der Waals surface area (Å²) in [7, 11) is 0. The molecular formula is C16H21N3O. The molecule has 0 fully saturated rings. The maximum absolute atomic E-state index is 9.23. The third kappa shape index (κ3) is 4.46. The van der Waals surface area contributed by atoms with Crippen molar-refractivity contribution >= 4 is 11.6 Å². The molecule has 1 aromatic heterocycles. The Balaban J connectivity index is 1.82. The van der Waals surface area contributed by atoms with Crippen LogP contribution in [0.1, 0.15) is 18.9 Å². The fourth-order valence-corrected chi connectivity index (χ4v) is 1.88. The summed E-state index contributed by atoms with van der Waals surface area (Å²) in [4.78, 5) is 4.49. The van der Waals surface area contributed by atoms with Crippen LogP contribution in [-0.2, 0) is 6.42 Å². The van der Waals surface area contributed by atoms with Gasteiger partial charge in [0.1, 0.15) is 17.4 Å². The van der Waals surface area contributed by atoms with Crippen LogP contribution in [0.5, 0.6) is 5.75 Å². The maximum Gasteiger partial charge on any atom is 0.128 e. The highest BCUT2D eigenvalue weighted by Gasteiger charge is 1.98. The summed E-state index contributed by atoms with van der Waals surface area (Å²) in [5.74, 6) is 2.09. The minimum atomic E-state index is 0.304. The number of anilines is 2. The molecule has 20 heavy (non-hydrogen) atoms. The first-order valence-electron chi connectivity index (χ1n) is 7.00. The monoisotopic (exact) mass is 271 g/mol. The average molecular weight is 271 g/mol. The fraction of sp³-hybridized carbons (Fsp3) is 0.312. The van der Waals surface area contributed by atoms with Crippen molar-refractivity contribution < 1.29 is 5.11 Å². The van der Waals surface area contributed by atoms with Crippen LogP contribution in [0.15, 0.2) is 42.5 Å². The lowest BCUT2D eigenvalue weighted by molar-refractivity contribution is 0.475. The van der Waals surface area contributed by atoms with Crippen LogP contribution in [0.3, 0.4) is 0 Å². The van der Waals surface area contributed by atoms with Crippen molar-refractivity contribution in [3.63, 3.8) is 0 Å². The largest absolute Gasteiger partial charge is 0.508 e. The maximum atomic E-state index is 9.23. The second-order valence-electron chi connectivity index (χ2n) is 4.68. The number of aromatic nitrogens is 1. The molecule has 0 aliphatic carbocycles. The van der Waals surface area contributed by atoms with Gasteiger partial charge < -0.3 is 15.7 Å². The van der Waals surface area contributed by atoms with Crippen molar-refractivity contribution in [1.29, 1.82) is 0 Å². The molecule has 0 saturated heterocycles. The van der Waals surface area contributed by atoms with E-state index in [1.807, 2.05) is 30.3 Å². The number of aromatic hydroxyl groups is 1. The van der Waals surface area contributed by atoms with Crippen LogP contribution in [-0.4, -0.2) is 23.2 Å². The zero-order valence-corrected chi connectivity index (χ0v) is 11.8. The van der Waals surface area contributed by atoms with Gasteiger partial charge in [0.15, 0.2) is 0 Å². The summed E-state index contributed by atoms with van der Waals surface area (Å²) < 4.78 is 0. The number of hydrogen-bond acceptors (Lipinski definition) is 4. The Morgan fingerprint density at radius 3 is 2.25 bits per heavy atom. The van der Waals surface area contributed by atoms with E-state index in [0.717, 1.165) is 37.6 Å². The first-order valence-corrected chi connectivity index (χ1v) is 7.00. The molecule has 0 saturated carbocycles. The Hall–Kier alpha value is -2.23. The molecule has 0 atom stereocenters. The SMILES string of the molecule is CCCNc1cccc(NCCc2ccc(O)cc2)n1. The van der Waals surface area contributed by atoms with E-state index in [0.29, 0.717) is 5.75 Å². The molecule has 2 aromatic rings. The van der Waals surface area contributed by atoms with Gasteiger partial charge >= 0.3 is 0 Å². The van der Waals surface area contributed by atoms with Gasteiger partial charge in [0, 0.05) is 13.1 Å². The molecule has 1 aromatic carbocycles. The second kappa shape index (κ2) is 7.38. The van der Waals surface area contributed by atoms with Crippen molar-refractivity contribution in [2.45, 2.75) is 19.8 Å². The lowest BCUT2D eigenvalue weighted by Crippen LogP contribution is -2.08. The number of hydrogen-bond donors (Lipinski definition) is 3. The highest BCUT2D eigenvalue weighted by molar-refractivity contribution is 5.45. The molecule has 1 heterocycles. The molecule has 0 aliphatic heterocycles. The van der Waals surface area contributed by atoms with Crippen LogP contribution in [0.25, 0.3) is 0 Å². The van der Waals surface area contributed by atoms with Gasteiger partial charge in [-0.05, 0) is 42.7 Å². The van der Waals surface area contributed by atoms with Crippen molar-refractivity contribution in [3.05, 3.63) is 48.0 Å². The van der Waals surface area contributed by atoms with Crippen LogP contribution in [0, 0.1) is 0 Å². The van der Waals surface area contributed by atoms with Gasteiger partial charge in [0.2, 0.25) is 0 Å². The van der Waals surface area contributed by atoms with E-state index in [4.69, 9.17) is 0 Å². The molecule has 0 unspecified atom stereocenters.